The van der Waals surface area contributed by atoms with Crippen molar-refractivity contribution < 1.29 is 14.3 Å². The SMILES string of the molecule is COc1ccccc1N1CCN(CCNC(=O)COc2ccc(Cl)cc2)CC1. The molecule has 3 rings (SSSR count). The zero-order valence-electron chi connectivity index (χ0n) is 16.1. The first-order chi connectivity index (χ1) is 13.7. The molecule has 1 aliphatic rings. The summed E-state index contributed by atoms with van der Waals surface area (Å²) in [4.78, 5) is 16.6. The van der Waals surface area contributed by atoms with Crippen LogP contribution in [0.1, 0.15) is 0 Å². The second kappa shape index (κ2) is 10.2. The number of hydrogen-bond acceptors (Lipinski definition) is 5. The fraction of sp³-hybridized carbons (Fsp3) is 0.381. The number of anilines is 1. The summed E-state index contributed by atoms with van der Waals surface area (Å²) in [5.41, 5.74) is 1.14. The van der Waals surface area contributed by atoms with Crippen molar-refractivity contribution in [3.05, 3.63) is 53.6 Å². The molecule has 2 aromatic rings. The van der Waals surface area contributed by atoms with E-state index in [1.165, 1.54) is 0 Å². The molecule has 2 aromatic carbocycles. The highest BCUT2D eigenvalue weighted by Crippen LogP contribution is 2.28. The van der Waals surface area contributed by atoms with E-state index in [9.17, 15) is 4.79 Å². The van der Waals surface area contributed by atoms with Crippen LogP contribution < -0.4 is 19.7 Å². The number of nitrogens with zero attached hydrogens (tertiary/aromatic N) is 2. The number of carbonyl (C=O) groups excluding carboxylic acids is 1. The monoisotopic (exact) mass is 403 g/mol. The van der Waals surface area contributed by atoms with E-state index < -0.39 is 0 Å². The van der Waals surface area contributed by atoms with Crippen molar-refractivity contribution in [1.29, 1.82) is 0 Å². The van der Waals surface area contributed by atoms with Gasteiger partial charge in [0, 0.05) is 44.3 Å². The molecule has 0 radical (unpaired) electrons. The Morgan fingerprint density at radius 2 is 1.79 bits per heavy atom. The first kappa shape index (κ1) is 20.3. The zero-order chi connectivity index (χ0) is 19.8. The van der Waals surface area contributed by atoms with Crippen molar-refractivity contribution in [1.82, 2.24) is 10.2 Å². The molecule has 1 amide bonds. The molecule has 0 bridgehead atoms. The van der Waals surface area contributed by atoms with Gasteiger partial charge in [-0.15, -0.1) is 0 Å². The van der Waals surface area contributed by atoms with Gasteiger partial charge in [-0.05, 0) is 36.4 Å². The van der Waals surface area contributed by atoms with Crippen LogP contribution in [0, 0.1) is 0 Å². The number of methoxy groups -OCH3 is 1. The third-order valence-electron chi connectivity index (χ3n) is 4.73. The number of benzene rings is 2. The Hall–Kier alpha value is -2.44. The first-order valence-corrected chi connectivity index (χ1v) is 9.79. The number of carbonyl (C=O) groups is 1. The first-order valence-electron chi connectivity index (χ1n) is 9.41. The van der Waals surface area contributed by atoms with Crippen LogP contribution in [0.2, 0.25) is 5.02 Å². The summed E-state index contributed by atoms with van der Waals surface area (Å²) < 4.78 is 10.9. The minimum Gasteiger partial charge on any atom is -0.495 e. The van der Waals surface area contributed by atoms with Gasteiger partial charge in [-0.3, -0.25) is 9.69 Å². The molecule has 0 aliphatic carbocycles. The lowest BCUT2D eigenvalue weighted by Crippen LogP contribution is -2.48. The molecular formula is C21H26ClN3O3. The van der Waals surface area contributed by atoms with E-state index >= 15 is 0 Å². The quantitative estimate of drug-likeness (QED) is 0.734. The highest BCUT2D eigenvalue weighted by Gasteiger charge is 2.19. The molecular weight excluding hydrogens is 378 g/mol. The van der Waals surface area contributed by atoms with Crippen molar-refractivity contribution in [3.63, 3.8) is 0 Å². The van der Waals surface area contributed by atoms with E-state index in [0.717, 1.165) is 44.2 Å². The molecule has 7 heteroatoms. The second-order valence-electron chi connectivity index (χ2n) is 6.59. The zero-order valence-corrected chi connectivity index (χ0v) is 16.8. The fourth-order valence-electron chi connectivity index (χ4n) is 3.19. The van der Waals surface area contributed by atoms with Gasteiger partial charge in [-0.25, -0.2) is 0 Å². The second-order valence-corrected chi connectivity index (χ2v) is 7.03. The Balaban J connectivity index is 1.34. The molecule has 0 atom stereocenters. The Morgan fingerprint density at radius 3 is 2.50 bits per heavy atom. The molecule has 150 valence electrons. The van der Waals surface area contributed by atoms with Crippen molar-refractivity contribution in [2.24, 2.45) is 0 Å². The number of hydrogen-bond donors (Lipinski definition) is 1. The lowest BCUT2D eigenvalue weighted by molar-refractivity contribution is -0.123. The average Bonchev–Trinajstić information content (AvgIpc) is 2.74. The Morgan fingerprint density at radius 1 is 1.07 bits per heavy atom. The number of halogens is 1. The fourth-order valence-corrected chi connectivity index (χ4v) is 3.31. The Labute approximate surface area is 171 Å². The topological polar surface area (TPSA) is 54.0 Å². The predicted octanol–water partition coefficient (Wildman–Crippen LogP) is 2.67. The minimum absolute atomic E-state index is 0.00319. The normalized spacial score (nSPS) is 14.6. The molecule has 28 heavy (non-hydrogen) atoms. The molecule has 0 saturated carbocycles. The van der Waals surface area contributed by atoms with Crippen molar-refractivity contribution >= 4 is 23.2 Å². The molecule has 0 aromatic heterocycles. The van der Waals surface area contributed by atoms with E-state index in [1.807, 2.05) is 18.2 Å². The smallest absolute Gasteiger partial charge is 0.257 e. The van der Waals surface area contributed by atoms with E-state index in [1.54, 1.807) is 31.4 Å². The van der Waals surface area contributed by atoms with Crippen LogP contribution in [0.4, 0.5) is 5.69 Å². The van der Waals surface area contributed by atoms with Gasteiger partial charge in [0.1, 0.15) is 11.5 Å². The largest absolute Gasteiger partial charge is 0.495 e. The van der Waals surface area contributed by atoms with Crippen LogP contribution in [-0.4, -0.2) is 63.8 Å². The number of rotatable bonds is 8. The van der Waals surface area contributed by atoms with Gasteiger partial charge in [-0.1, -0.05) is 23.7 Å². The van der Waals surface area contributed by atoms with Crippen LogP contribution in [0.25, 0.3) is 0 Å². The molecule has 1 heterocycles. The summed E-state index contributed by atoms with van der Waals surface area (Å²) >= 11 is 5.83. The number of para-hydroxylation sites is 2. The molecule has 1 aliphatic heterocycles. The van der Waals surface area contributed by atoms with Gasteiger partial charge in [0.05, 0.1) is 12.8 Å². The summed E-state index contributed by atoms with van der Waals surface area (Å²) in [7, 11) is 1.70. The van der Waals surface area contributed by atoms with Gasteiger partial charge < -0.3 is 19.7 Å². The highest BCUT2D eigenvalue weighted by atomic mass is 35.5. The summed E-state index contributed by atoms with van der Waals surface area (Å²) in [5.74, 6) is 1.42. The maximum atomic E-state index is 11.9. The molecule has 6 nitrogen and oxygen atoms in total. The molecule has 0 unspecified atom stereocenters. The lowest BCUT2D eigenvalue weighted by Gasteiger charge is -2.36. The van der Waals surface area contributed by atoms with Crippen LogP contribution >= 0.6 is 11.6 Å². The van der Waals surface area contributed by atoms with Crippen molar-refractivity contribution in [2.45, 2.75) is 0 Å². The van der Waals surface area contributed by atoms with Crippen LogP contribution in [0.5, 0.6) is 11.5 Å². The number of piperazine rings is 1. The van der Waals surface area contributed by atoms with E-state index in [2.05, 4.69) is 21.2 Å². The van der Waals surface area contributed by atoms with Crippen molar-refractivity contribution in [2.75, 3.05) is 57.9 Å². The summed E-state index contributed by atoms with van der Waals surface area (Å²) in [6, 6.07) is 15.1. The number of amides is 1. The average molecular weight is 404 g/mol. The van der Waals surface area contributed by atoms with Crippen molar-refractivity contribution in [3.8, 4) is 11.5 Å². The molecule has 1 N–H and O–H groups in total. The summed E-state index contributed by atoms with van der Waals surface area (Å²) in [5, 5.41) is 3.55. The summed E-state index contributed by atoms with van der Waals surface area (Å²) in [6.07, 6.45) is 0. The third-order valence-corrected chi connectivity index (χ3v) is 4.98. The maximum absolute atomic E-state index is 11.9. The van der Waals surface area contributed by atoms with Gasteiger partial charge in [0.15, 0.2) is 6.61 Å². The van der Waals surface area contributed by atoms with E-state index in [-0.39, 0.29) is 12.5 Å². The van der Waals surface area contributed by atoms with Gasteiger partial charge in [0.2, 0.25) is 0 Å². The Kier molecular flexibility index (Phi) is 7.39. The molecule has 1 saturated heterocycles. The lowest BCUT2D eigenvalue weighted by atomic mass is 10.2. The minimum atomic E-state index is -0.123. The summed E-state index contributed by atoms with van der Waals surface area (Å²) in [6.45, 7) is 5.22. The standard InChI is InChI=1S/C21H26ClN3O3/c1-27-20-5-3-2-4-19(20)25-14-12-24(13-15-25)11-10-23-21(26)16-28-18-8-6-17(22)7-9-18/h2-9H,10-16H2,1H3,(H,23,26). The number of ether oxygens (including phenoxy) is 2. The van der Waals surface area contributed by atoms with Gasteiger partial charge >= 0.3 is 0 Å². The maximum Gasteiger partial charge on any atom is 0.257 e. The highest BCUT2D eigenvalue weighted by molar-refractivity contribution is 6.30. The van der Waals surface area contributed by atoms with Gasteiger partial charge in [-0.2, -0.15) is 0 Å². The predicted molar refractivity (Wildman–Crippen MR) is 112 cm³/mol. The Bertz CT molecular complexity index is 762. The van der Waals surface area contributed by atoms with Gasteiger partial charge in [0.25, 0.3) is 5.91 Å². The van der Waals surface area contributed by atoms with Crippen LogP contribution in [-0.2, 0) is 4.79 Å². The van der Waals surface area contributed by atoms with E-state index in [0.29, 0.717) is 17.3 Å². The van der Waals surface area contributed by atoms with E-state index in [4.69, 9.17) is 21.1 Å². The number of nitrogens with one attached hydrogen (secondary N) is 1. The molecule has 1 fully saturated rings. The van der Waals surface area contributed by atoms with Crippen LogP contribution in [0.15, 0.2) is 48.5 Å². The molecule has 0 spiro atoms. The third kappa shape index (κ3) is 5.78. The van der Waals surface area contributed by atoms with Crippen LogP contribution in [0.3, 0.4) is 0 Å².